The second-order valence-corrected chi connectivity index (χ2v) is 4.87. The third-order valence-corrected chi connectivity index (χ3v) is 4.06. The maximum Gasteiger partial charge on any atom is 0.0124 e. The molecule has 1 saturated carbocycles. The molecule has 1 heterocycles. The summed E-state index contributed by atoms with van der Waals surface area (Å²) in [5, 5.41) is 0. The summed E-state index contributed by atoms with van der Waals surface area (Å²) < 4.78 is 0. The van der Waals surface area contributed by atoms with Gasteiger partial charge in [0.25, 0.3) is 0 Å². The highest BCUT2D eigenvalue weighted by molar-refractivity contribution is 4.88. The number of piperidine rings is 1. The van der Waals surface area contributed by atoms with Crippen molar-refractivity contribution in [1.82, 2.24) is 4.90 Å². The lowest BCUT2D eigenvalue weighted by molar-refractivity contribution is 0.0617. The minimum Gasteiger partial charge on any atom is -0.330 e. The molecule has 2 nitrogen and oxygen atoms in total. The SMILES string of the molecule is CN1CCC(CN)CC1C1CCC1. The van der Waals surface area contributed by atoms with Gasteiger partial charge in [0.05, 0.1) is 0 Å². The van der Waals surface area contributed by atoms with Crippen LogP contribution in [0.3, 0.4) is 0 Å². The van der Waals surface area contributed by atoms with Gasteiger partial charge in [-0.15, -0.1) is 0 Å². The van der Waals surface area contributed by atoms with Gasteiger partial charge in [-0.1, -0.05) is 6.42 Å². The number of hydrogen-bond acceptors (Lipinski definition) is 2. The predicted octanol–water partition coefficient (Wildman–Crippen LogP) is 1.46. The Balaban J connectivity index is 1.90. The predicted molar refractivity (Wildman–Crippen MR) is 55.5 cm³/mol. The molecular weight excluding hydrogens is 160 g/mol. The molecule has 0 spiro atoms. The van der Waals surface area contributed by atoms with Crippen molar-refractivity contribution < 1.29 is 0 Å². The molecule has 2 heteroatoms. The van der Waals surface area contributed by atoms with Crippen molar-refractivity contribution in [3.05, 3.63) is 0 Å². The minimum absolute atomic E-state index is 0.807. The largest absolute Gasteiger partial charge is 0.330 e. The van der Waals surface area contributed by atoms with Gasteiger partial charge in [-0.3, -0.25) is 0 Å². The average Bonchev–Trinajstić information content (AvgIpc) is 2.06. The molecule has 2 aliphatic rings. The molecule has 0 amide bonds. The van der Waals surface area contributed by atoms with Crippen LogP contribution in [0.5, 0.6) is 0 Å². The molecule has 2 unspecified atom stereocenters. The normalized spacial score (nSPS) is 37.4. The zero-order chi connectivity index (χ0) is 9.26. The van der Waals surface area contributed by atoms with Gasteiger partial charge in [-0.25, -0.2) is 0 Å². The minimum atomic E-state index is 0.807. The fourth-order valence-electron chi connectivity index (χ4n) is 2.78. The number of hydrogen-bond donors (Lipinski definition) is 1. The highest BCUT2D eigenvalue weighted by atomic mass is 15.1. The zero-order valence-corrected chi connectivity index (χ0v) is 8.71. The Morgan fingerprint density at radius 1 is 1.31 bits per heavy atom. The molecule has 2 rings (SSSR count). The van der Waals surface area contributed by atoms with Gasteiger partial charge in [0.15, 0.2) is 0 Å². The van der Waals surface area contributed by atoms with Crippen molar-refractivity contribution in [3.8, 4) is 0 Å². The zero-order valence-electron chi connectivity index (χ0n) is 8.71. The van der Waals surface area contributed by atoms with Crippen molar-refractivity contribution in [2.75, 3.05) is 20.1 Å². The number of rotatable bonds is 2. The molecule has 2 N–H and O–H groups in total. The van der Waals surface area contributed by atoms with Crippen molar-refractivity contribution in [2.24, 2.45) is 17.6 Å². The van der Waals surface area contributed by atoms with Crippen molar-refractivity contribution in [2.45, 2.75) is 38.1 Å². The third-order valence-electron chi connectivity index (χ3n) is 4.06. The van der Waals surface area contributed by atoms with E-state index in [1.165, 1.54) is 38.6 Å². The monoisotopic (exact) mass is 182 g/mol. The lowest BCUT2D eigenvalue weighted by Gasteiger charge is -2.44. The summed E-state index contributed by atoms with van der Waals surface area (Å²) in [5.41, 5.74) is 5.75. The smallest absolute Gasteiger partial charge is 0.0124 e. The maximum absolute atomic E-state index is 5.75. The first-order valence-electron chi connectivity index (χ1n) is 5.71. The molecule has 1 aliphatic heterocycles. The van der Waals surface area contributed by atoms with Crippen LogP contribution < -0.4 is 5.73 Å². The van der Waals surface area contributed by atoms with E-state index in [1.807, 2.05) is 0 Å². The summed E-state index contributed by atoms with van der Waals surface area (Å²) in [5.74, 6) is 1.81. The number of nitrogens with two attached hydrogens (primary N) is 1. The number of nitrogens with zero attached hydrogens (tertiary/aromatic N) is 1. The second kappa shape index (κ2) is 3.97. The van der Waals surface area contributed by atoms with Crippen LogP contribution in [0.2, 0.25) is 0 Å². The maximum atomic E-state index is 5.75. The Hall–Kier alpha value is -0.0800. The van der Waals surface area contributed by atoms with Crippen LogP contribution in [0, 0.1) is 11.8 Å². The summed E-state index contributed by atoms with van der Waals surface area (Å²) in [6.07, 6.45) is 7.06. The first-order valence-corrected chi connectivity index (χ1v) is 5.71. The molecule has 2 fully saturated rings. The summed E-state index contributed by atoms with van der Waals surface area (Å²) in [6.45, 7) is 2.17. The van der Waals surface area contributed by atoms with Gasteiger partial charge in [0.1, 0.15) is 0 Å². The highest BCUT2D eigenvalue weighted by Gasteiger charge is 2.34. The molecule has 76 valence electrons. The van der Waals surface area contributed by atoms with Crippen LogP contribution in [-0.2, 0) is 0 Å². The van der Waals surface area contributed by atoms with E-state index in [1.54, 1.807) is 0 Å². The molecule has 1 aliphatic carbocycles. The van der Waals surface area contributed by atoms with Gasteiger partial charge in [-0.05, 0) is 57.7 Å². The van der Waals surface area contributed by atoms with Gasteiger partial charge in [0, 0.05) is 6.04 Å². The fraction of sp³-hybridized carbons (Fsp3) is 1.00. The number of likely N-dealkylation sites (tertiary alicyclic amines) is 1. The molecular formula is C11H22N2. The first-order chi connectivity index (χ1) is 6.31. The average molecular weight is 182 g/mol. The van der Waals surface area contributed by atoms with E-state index >= 15 is 0 Å². The van der Waals surface area contributed by atoms with Crippen molar-refractivity contribution in [1.29, 1.82) is 0 Å². The van der Waals surface area contributed by atoms with Gasteiger partial charge >= 0.3 is 0 Å². The lowest BCUT2D eigenvalue weighted by Crippen LogP contribution is -2.47. The van der Waals surface area contributed by atoms with E-state index in [-0.39, 0.29) is 0 Å². The Kier molecular flexibility index (Phi) is 2.89. The Bertz CT molecular complexity index is 163. The summed E-state index contributed by atoms with van der Waals surface area (Å²) >= 11 is 0. The van der Waals surface area contributed by atoms with Crippen LogP contribution in [-0.4, -0.2) is 31.1 Å². The van der Waals surface area contributed by atoms with Crippen molar-refractivity contribution in [3.63, 3.8) is 0 Å². The van der Waals surface area contributed by atoms with E-state index in [4.69, 9.17) is 5.73 Å². The van der Waals surface area contributed by atoms with Crippen LogP contribution in [0.25, 0.3) is 0 Å². The highest BCUT2D eigenvalue weighted by Crippen LogP contribution is 2.37. The molecule has 0 bridgehead atoms. The standard InChI is InChI=1S/C11H22N2/c1-13-6-5-9(8-12)7-11(13)10-3-2-4-10/h9-11H,2-8,12H2,1H3. The molecule has 0 aromatic heterocycles. The molecule has 0 aromatic rings. The van der Waals surface area contributed by atoms with Crippen LogP contribution >= 0.6 is 0 Å². The van der Waals surface area contributed by atoms with Gasteiger partial charge < -0.3 is 10.6 Å². The van der Waals surface area contributed by atoms with E-state index in [2.05, 4.69) is 11.9 Å². The van der Waals surface area contributed by atoms with E-state index in [0.29, 0.717) is 0 Å². The third kappa shape index (κ3) is 1.89. The summed E-state index contributed by atoms with van der Waals surface area (Å²) in [4.78, 5) is 2.57. The second-order valence-electron chi connectivity index (χ2n) is 4.87. The van der Waals surface area contributed by atoms with Crippen LogP contribution in [0.1, 0.15) is 32.1 Å². The van der Waals surface area contributed by atoms with E-state index in [0.717, 1.165) is 24.4 Å². The topological polar surface area (TPSA) is 29.3 Å². The molecule has 2 atom stereocenters. The van der Waals surface area contributed by atoms with Gasteiger partial charge in [-0.2, -0.15) is 0 Å². The van der Waals surface area contributed by atoms with E-state index < -0.39 is 0 Å². The van der Waals surface area contributed by atoms with E-state index in [9.17, 15) is 0 Å². The Morgan fingerprint density at radius 2 is 2.08 bits per heavy atom. The first kappa shape index (κ1) is 9.47. The quantitative estimate of drug-likeness (QED) is 0.700. The fourth-order valence-corrected chi connectivity index (χ4v) is 2.78. The van der Waals surface area contributed by atoms with Crippen LogP contribution in [0.15, 0.2) is 0 Å². The Morgan fingerprint density at radius 3 is 2.62 bits per heavy atom. The lowest BCUT2D eigenvalue weighted by atomic mass is 9.74. The van der Waals surface area contributed by atoms with Gasteiger partial charge in [0.2, 0.25) is 0 Å². The summed E-state index contributed by atoms with van der Waals surface area (Å²) in [7, 11) is 2.29. The van der Waals surface area contributed by atoms with Crippen molar-refractivity contribution >= 4 is 0 Å². The molecule has 0 aromatic carbocycles. The summed E-state index contributed by atoms with van der Waals surface area (Å²) in [6, 6.07) is 0.857. The molecule has 0 radical (unpaired) electrons. The van der Waals surface area contributed by atoms with Crippen LogP contribution in [0.4, 0.5) is 0 Å². The molecule has 1 saturated heterocycles. The Labute approximate surface area is 81.5 Å². The molecule has 13 heavy (non-hydrogen) atoms.